The fraction of sp³-hybridized carbons (Fsp3) is 0.500. The van der Waals surface area contributed by atoms with Gasteiger partial charge >= 0.3 is 0 Å². The van der Waals surface area contributed by atoms with E-state index in [1.54, 1.807) is 0 Å². The molecule has 1 aromatic rings. The van der Waals surface area contributed by atoms with Gasteiger partial charge in [0.15, 0.2) is 0 Å². The first-order valence-corrected chi connectivity index (χ1v) is 4.59. The first-order chi connectivity index (χ1) is 9.69. The summed E-state index contributed by atoms with van der Waals surface area (Å²) in [4.78, 5) is 7.18. The average Bonchev–Trinajstić information content (AvgIpc) is 2.39. The van der Waals surface area contributed by atoms with Crippen LogP contribution in [0.5, 0.6) is 0 Å². The zero-order chi connectivity index (χ0) is 17.3. The minimum Gasteiger partial charge on any atom is -0.391 e. The van der Waals surface area contributed by atoms with Crippen molar-refractivity contribution in [2.45, 2.75) is 12.5 Å². The van der Waals surface area contributed by atoms with E-state index < -0.39 is 37.6 Å². The van der Waals surface area contributed by atoms with Crippen molar-refractivity contribution in [1.82, 2.24) is 9.97 Å². The van der Waals surface area contributed by atoms with Crippen molar-refractivity contribution >= 4 is 33.3 Å². The molecule has 0 aromatic carbocycles. The second-order valence-electron chi connectivity index (χ2n) is 2.28. The third kappa shape index (κ3) is 1.85. The average molecular weight is 287 g/mol. The number of rotatable bonds is 1. The summed E-state index contributed by atoms with van der Waals surface area (Å²) in [5.41, 5.74) is 0. The van der Waals surface area contributed by atoms with E-state index in [1.165, 1.54) is 0 Å². The summed E-state index contributed by atoms with van der Waals surface area (Å²) in [7, 11) is 0. The monoisotopic (exact) mass is 285 g/mol. The zero-order valence-electron chi connectivity index (χ0n) is 14.5. The smallest absolute Gasteiger partial charge is 0.148 e. The summed E-state index contributed by atoms with van der Waals surface area (Å²) < 4.78 is 61.4. The molecule has 0 spiro atoms. The van der Waals surface area contributed by atoms with Gasteiger partial charge in [0.1, 0.15) is 18.6 Å². The van der Waals surface area contributed by atoms with Gasteiger partial charge in [-0.25, -0.2) is 9.97 Å². The molecular formula is C8H9BrClN3O. The van der Waals surface area contributed by atoms with Crippen LogP contribution < -0.4 is 4.90 Å². The van der Waals surface area contributed by atoms with Gasteiger partial charge in [0.25, 0.3) is 0 Å². The van der Waals surface area contributed by atoms with Crippen LogP contribution in [0, 0.1) is 0 Å². The summed E-state index contributed by atoms with van der Waals surface area (Å²) >= 11 is 8.66. The Labute approximate surface area is 106 Å². The molecule has 0 saturated carbocycles. The predicted octanol–water partition coefficient (Wildman–Crippen LogP) is 1.46. The van der Waals surface area contributed by atoms with Crippen molar-refractivity contribution in [2.75, 3.05) is 17.9 Å². The lowest BCUT2D eigenvalue weighted by Gasteiger charge is -2.17. The normalized spacial score (nSPS) is 46.1. The van der Waals surface area contributed by atoms with Gasteiger partial charge in [0.05, 0.1) is 14.7 Å². The second kappa shape index (κ2) is 4.00. The number of aliphatic hydroxyl groups is 1. The van der Waals surface area contributed by atoms with Crippen LogP contribution in [0.15, 0.2) is 10.8 Å². The minimum absolute atomic E-state index is 0.155. The fourth-order valence-corrected chi connectivity index (χ4v) is 1.31. The Kier molecular flexibility index (Phi) is 1.21. The summed E-state index contributed by atoms with van der Waals surface area (Å²) in [5, 5.41) is 9.63. The molecule has 1 atom stereocenters. The number of β-amino-alcohol motifs (C(OH)–C–C–N with tert-alkyl or cyclic N) is 1. The molecule has 0 aliphatic carbocycles. The molecule has 1 saturated heterocycles. The van der Waals surface area contributed by atoms with Gasteiger partial charge in [-0.15, -0.1) is 0 Å². The molecule has 1 aliphatic rings. The maximum absolute atomic E-state index is 9.94. The number of anilines is 1. The van der Waals surface area contributed by atoms with E-state index in [-0.39, 0.29) is 14.5 Å². The molecule has 1 aromatic heterocycles. The lowest BCUT2D eigenvalue weighted by atomic mass is 10.3. The molecule has 2 rings (SSSR count). The van der Waals surface area contributed by atoms with Crippen LogP contribution in [0.2, 0.25) is 5.15 Å². The Hall–Kier alpha value is -0.390. The lowest BCUT2D eigenvalue weighted by molar-refractivity contribution is 0.198. The van der Waals surface area contributed by atoms with Crippen LogP contribution in [0.4, 0.5) is 5.82 Å². The van der Waals surface area contributed by atoms with Crippen LogP contribution in [0.1, 0.15) is 17.3 Å². The third-order valence-electron chi connectivity index (χ3n) is 1.40. The summed E-state index contributed by atoms with van der Waals surface area (Å²) in [6.45, 7) is -6.35. The Morgan fingerprint density at radius 2 is 2.64 bits per heavy atom. The molecular weight excluding hydrogens is 269 g/mol. The highest BCUT2D eigenvalue weighted by Crippen LogP contribution is 2.30. The number of nitrogens with zero attached hydrogens (tertiary/aromatic N) is 3. The summed E-state index contributed by atoms with van der Waals surface area (Å²) in [6.07, 6.45) is -7.40. The van der Waals surface area contributed by atoms with E-state index >= 15 is 0 Å². The van der Waals surface area contributed by atoms with Crippen molar-refractivity contribution in [2.24, 2.45) is 0 Å². The van der Waals surface area contributed by atoms with Crippen LogP contribution in [-0.4, -0.2) is 34.1 Å². The van der Waals surface area contributed by atoms with Crippen molar-refractivity contribution < 1.29 is 16.1 Å². The van der Waals surface area contributed by atoms with E-state index in [9.17, 15) is 5.11 Å². The number of halogens is 2. The third-order valence-corrected chi connectivity index (χ3v) is 2.63. The molecule has 0 radical (unpaired) electrons. The molecule has 14 heavy (non-hydrogen) atoms. The van der Waals surface area contributed by atoms with E-state index in [4.69, 9.17) is 22.6 Å². The SMILES string of the molecule is [2H]c1nc(Cl)c(Br)c(N2C([2H])([2H])C([2H])([2H])C([2H])(O)C2([2H])[2H])n1. The van der Waals surface area contributed by atoms with Crippen LogP contribution >= 0.6 is 27.5 Å². The van der Waals surface area contributed by atoms with E-state index in [0.717, 1.165) is 0 Å². The molecule has 6 heteroatoms. The molecule has 1 unspecified atom stereocenters. The Morgan fingerprint density at radius 3 is 3.29 bits per heavy atom. The van der Waals surface area contributed by atoms with Crippen molar-refractivity contribution in [1.29, 1.82) is 0 Å². The number of hydrogen-bond acceptors (Lipinski definition) is 4. The molecule has 4 nitrogen and oxygen atoms in total. The number of hydrogen-bond donors (Lipinski definition) is 1. The van der Waals surface area contributed by atoms with Crippen LogP contribution in [0.3, 0.4) is 0 Å². The molecule has 76 valence electrons. The topological polar surface area (TPSA) is 49.2 Å². The maximum Gasteiger partial charge on any atom is 0.148 e. The molecule has 0 bridgehead atoms. The van der Waals surface area contributed by atoms with Gasteiger partial charge in [-0.05, 0) is 22.3 Å². The quantitative estimate of drug-likeness (QED) is 0.794. The fourth-order valence-electron chi connectivity index (χ4n) is 0.831. The van der Waals surface area contributed by atoms with Gasteiger partial charge < -0.3 is 10.0 Å². The molecule has 1 fully saturated rings. The first kappa shape index (κ1) is 4.23. The summed E-state index contributed by atoms with van der Waals surface area (Å²) in [5.74, 6) is -0.577. The standard InChI is InChI=1S/C8H9BrClN3O/c9-6-7(10)11-4-12-8(6)13-2-1-5(14)3-13/h4-5,14H,1-3H2/i1D2,2D2,3D2,4D,5D. The Bertz CT molecular complexity index is 616. The summed E-state index contributed by atoms with van der Waals surface area (Å²) in [6, 6.07) is 0. The van der Waals surface area contributed by atoms with Crippen LogP contribution in [0.25, 0.3) is 0 Å². The molecule has 1 aliphatic heterocycles. The molecule has 1 N–H and O–H groups in total. The predicted molar refractivity (Wildman–Crippen MR) is 57.6 cm³/mol. The first-order valence-electron chi connectivity index (χ1n) is 7.42. The van der Waals surface area contributed by atoms with Crippen molar-refractivity contribution in [3.8, 4) is 0 Å². The maximum atomic E-state index is 9.94. The van der Waals surface area contributed by atoms with Gasteiger partial charge in [0, 0.05) is 18.5 Å². The van der Waals surface area contributed by atoms with E-state index in [1.807, 2.05) is 0 Å². The Morgan fingerprint density at radius 1 is 1.86 bits per heavy atom. The highest BCUT2D eigenvalue weighted by molar-refractivity contribution is 9.10. The van der Waals surface area contributed by atoms with Gasteiger partial charge in [-0.3, -0.25) is 0 Å². The van der Waals surface area contributed by atoms with E-state index in [0.29, 0.717) is 0 Å². The highest BCUT2D eigenvalue weighted by Gasteiger charge is 2.23. The lowest BCUT2D eigenvalue weighted by Crippen LogP contribution is -2.22. The largest absolute Gasteiger partial charge is 0.391 e. The molecule has 2 heterocycles. The molecule has 0 amide bonds. The Balaban J connectivity index is 2.80. The van der Waals surface area contributed by atoms with E-state index in [2.05, 4.69) is 25.9 Å². The van der Waals surface area contributed by atoms with Gasteiger partial charge in [-0.2, -0.15) is 0 Å². The van der Waals surface area contributed by atoms with Gasteiger partial charge in [-0.1, -0.05) is 11.6 Å². The van der Waals surface area contributed by atoms with Gasteiger partial charge in [0.2, 0.25) is 0 Å². The second-order valence-corrected chi connectivity index (χ2v) is 3.44. The van der Waals surface area contributed by atoms with Crippen molar-refractivity contribution in [3.05, 3.63) is 15.9 Å². The van der Waals surface area contributed by atoms with Crippen molar-refractivity contribution in [3.63, 3.8) is 0 Å². The highest BCUT2D eigenvalue weighted by atomic mass is 79.9. The number of aromatic nitrogens is 2. The minimum atomic E-state index is -3.44. The zero-order valence-corrected chi connectivity index (χ0v) is 8.89. The van der Waals surface area contributed by atoms with Crippen LogP contribution in [-0.2, 0) is 0 Å².